The number of hydrogen-bond acceptors (Lipinski definition) is 4. The first-order valence-electron chi connectivity index (χ1n) is 9.26. The molecule has 3 amide bonds. The summed E-state index contributed by atoms with van der Waals surface area (Å²) in [6, 6.07) is 6.13. The van der Waals surface area contributed by atoms with Gasteiger partial charge in [0.2, 0.25) is 11.8 Å². The molecule has 1 rings (SSSR count). The molecule has 1 aromatic rings. The summed E-state index contributed by atoms with van der Waals surface area (Å²) in [6.07, 6.45) is 1.71. The lowest BCUT2D eigenvalue weighted by molar-refractivity contribution is -0.128. The average Bonchev–Trinajstić information content (AvgIpc) is 2.59. The van der Waals surface area contributed by atoms with Crippen LogP contribution in [0.15, 0.2) is 24.3 Å². The van der Waals surface area contributed by atoms with Gasteiger partial charge < -0.3 is 22.1 Å². The maximum Gasteiger partial charge on any atom is 0.251 e. The molecule has 0 fully saturated rings. The van der Waals surface area contributed by atoms with Crippen molar-refractivity contribution in [1.82, 2.24) is 10.6 Å². The normalized spacial score (nSPS) is 13.5. The van der Waals surface area contributed by atoms with Gasteiger partial charge in [0, 0.05) is 12.1 Å². The monoisotopic (exact) mass is 376 g/mol. The van der Waals surface area contributed by atoms with Gasteiger partial charge in [-0.05, 0) is 49.3 Å². The zero-order valence-electron chi connectivity index (χ0n) is 16.7. The Morgan fingerprint density at radius 1 is 1.07 bits per heavy atom. The van der Waals surface area contributed by atoms with Gasteiger partial charge >= 0.3 is 0 Å². The minimum Gasteiger partial charge on any atom is -0.368 e. The van der Waals surface area contributed by atoms with E-state index < -0.39 is 23.9 Å². The molecule has 1 aromatic carbocycles. The van der Waals surface area contributed by atoms with Gasteiger partial charge in [0.15, 0.2) is 0 Å². The van der Waals surface area contributed by atoms with E-state index in [0.717, 1.165) is 0 Å². The number of carbonyl (C=O) groups is 3. The number of carbonyl (C=O) groups excluding carboxylic acids is 3. The number of rotatable bonds is 9. The molecule has 7 nitrogen and oxygen atoms in total. The van der Waals surface area contributed by atoms with Gasteiger partial charge in [0.05, 0.1) is 6.04 Å². The third-order valence-electron chi connectivity index (χ3n) is 4.29. The van der Waals surface area contributed by atoms with Gasteiger partial charge in [0.25, 0.3) is 5.91 Å². The smallest absolute Gasteiger partial charge is 0.251 e. The van der Waals surface area contributed by atoms with Crippen LogP contribution in [0.25, 0.3) is 0 Å². The minimum absolute atomic E-state index is 0.0447. The van der Waals surface area contributed by atoms with Crippen LogP contribution in [-0.2, 0) is 15.0 Å². The topological polar surface area (TPSA) is 127 Å². The predicted octanol–water partition coefficient (Wildman–Crippen LogP) is 1.20. The van der Waals surface area contributed by atoms with E-state index in [4.69, 9.17) is 11.5 Å². The Kier molecular flexibility index (Phi) is 8.43. The van der Waals surface area contributed by atoms with Crippen LogP contribution >= 0.6 is 0 Å². The first-order valence-corrected chi connectivity index (χ1v) is 9.26. The average molecular weight is 377 g/mol. The SMILES string of the molecule is C[C@H](N)C(=O)N[C@@H](CCCCNC(=O)c1ccc(C(C)(C)C)cc1)C(N)=O. The van der Waals surface area contributed by atoms with Gasteiger partial charge in [-0.1, -0.05) is 32.9 Å². The second-order valence-corrected chi connectivity index (χ2v) is 7.83. The Balaban J connectivity index is 2.39. The van der Waals surface area contributed by atoms with E-state index in [1.807, 2.05) is 24.3 Å². The maximum absolute atomic E-state index is 12.2. The Morgan fingerprint density at radius 2 is 1.67 bits per heavy atom. The van der Waals surface area contributed by atoms with Crippen molar-refractivity contribution in [2.24, 2.45) is 11.5 Å². The molecule has 0 aliphatic heterocycles. The van der Waals surface area contributed by atoms with Gasteiger partial charge in [-0.3, -0.25) is 14.4 Å². The van der Waals surface area contributed by atoms with Gasteiger partial charge in [-0.25, -0.2) is 0 Å². The third-order valence-corrected chi connectivity index (χ3v) is 4.29. The molecule has 0 aromatic heterocycles. The number of primary amides is 1. The van der Waals surface area contributed by atoms with Gasteiger partial charge in [-0.15, -0.1) is 0 Å². The summed E-state index contributed by atoms with van der Waals surface area (Å²) in [5.41, 5.74) is 12.6. The summed E-state index contributed by atoms with van der Waals surface area (Å²) in [6.45, 7) is 8.39. The standard InChI is InChI=1S/C20H32N4O3/c1-13(21)18(26)24-16(17(22)25)7-5-6-12-23-19(27)14-8-10-15(11-9-14)20(2,3)4/h8-11,13,16H,5-7,12,21H2,1-4H3,(H2,22,25)(H,23,27)(H,24,26)/t13-,16-/m0/s1. The van der Waals surface area contributed by atoms with E-state index >= 15 is 0 Å². The largest absolute Gasteiger partial charge is 0.368 e. The molecular weight excluding hydrogens is 344 g/mol. The molecule has 0 unspecified atom stereocenters. The zero-order chi connectivity index (χ0) is 20.6. The van der Waals surface area contributed by atoms with Crippen LogP contribution in [0.5, 0.6) is 0 Å². The number of nitrogens with two attached hydrogens (primary N) is 2. The molecule has 0 saturated heterocycles. The molecule has 0 spiro atoms. The highest BCUT2D eigenvalue weighted by Crippen LogP contribution is 2.22. The molecule has 0 aliphatic carbocycles. The van der Waals surface area contributed by atoms with Crippen molar-refractivity contribution in [3.63, 3.8) is 0 Å². The van der Waals surface area contributed by atoms with Crippen molar-refractivity contribution < 1.29 is 14.4 Å². The number of unbranched alkanes of at least 4 members (excludes halogenated alkanes) is 1. The lowest BCUT2D eigenvalue weighted by Crippen LogP contribution is -2.49. The number of amides is 3. The Morgan fingerprint density at radius 3 is 2.15 bits per heavy atom. The number of benzene rings is 1. The molecule has 0 radical (unpaired) electrons. The zero-order valence-corrected chi connectivity index (χ0v) is 16.7. The van der Waals surface area contributed by atoms with E-state index in [-0.39, 0.29) is 11.3 Å². The fourth-order valence-electron chi connectivity index (χ4n) is 2.49. The summed E-state index contributed by atoms with van der Waals surface area (Å²) < 4.78 is 0. The van der Waals surface area contributed by atoms with E-state index in [2.05, 4.69) is 31.4 Å². The van der Waals surface area contributed by atoms with Crippen LogP contribution in [0.3, 0.4) is 0 Å². The van der Waals surface area contributed by atoms with Crippen LogP contribution in [0.1, 0.15) is 62.9 Å². The minimum atomic E-state index is -0.746. The predicted molar refractivity (Wildman–Crippen MR) is 106 cm³/mol. The van der Waals surface area contributed by atoms with Crippen molar-refractivity contribution in [2.75, 3.05) is 6.54 Å². The highest BCUT2D eigenvalue weighted by Gasteiger charge is 2.19. The summed E-state index contributed by atoms with van der Waals surface area (Å²) in [5, 5.41) is 5.39. The first kappa shape index (κ1) is 22.6. The molecule has 7 heteroatoms. The molecule has 27 heavy (non-hydrogen) atoms. The molecular formula is C20H32N4O3. The molecule has 2 atom stereocenters. The van der Waals surface area contributed by atoms with Crippen molar-refractivity contribution >= 4 is 17.7 Å². The Hall–Kier alpha value is -2.41. The fourth-order valence-corrected chi connectivity index (χ4v) is 2.49. The number of hydrogen-bond donors (Lipinski definition) is 4. The van der Waals surface area contributed by atoms with E-state index in [0.29, 0.717) is 31.4 Å². The van der Waals surface area contributed by atoms with E-state index in [1.165, 1.54) is 12.5 Å². The van der Waals surface area contributed by atoms with Crippen LogP contribution in [0.2, 0.25) is 0 Å². The Bertz CT molecular complexity index is 648. The van der Waals surface area contributed by atoms with Crippen LogP contribution in [0.4, 0.5) is 0 Å². The molecule has 0 saturated carbocycles. The molecule has 0 aliphatic rings. The molecule has 6 N–H and O–H groups in total. The summed E-state index contributed by atoms with van der Waals surface area (Å²) in [5.74, 6) is -1.13. The van der Waals surface area contributed by atoms with Gasteiger partial charge in [-0.2, -0.15) is 0 Å². The second-order valence-electron chi connectivity index (χ2n) is 7.83. The molecule has 150 valence electrons. The lowest BCUT2D eigenvalue weighted by Gasteiger charge is -2.19. The van der Waals surface area contributed by atoms with Crippen LogP contribution in [0, 0.1) is 0 Å². The van der Waals surface area contributed by atoms with Crippen molar-refractivity contribution in [3.05, 3.63) is 35.4 Å². The fraction of sp³-hybridized carbons (Fsp3) is 0.550. The van der Waals surface area contributed by atoms with E-state index in [9.17, 15) is 14.4 Å². The first-order chi connectivity index (χ1) is 12.5. The molecule has 0 bridgehead atoms. The highest BCUT2D eigenvalue weighted by molar-refractivity contribution is 5.94. The third kappa shape index (κ3) is 7.78. The van der Waals surface area contributed by atoms with Gasteiger partial charge in [0.1, 0.15) is 6.04 Å². The van der Waals surface area contributed by atoms with E-state index in [1.54, 1.807) is 0 Å². The number of nitrogens with one attached hydrogen (secondary N) is 2. The summed E-state index contributed by atoms with van der Waals surface area (Å²) in [7, 11) is 0. The lowest BCUT2D eigenvalue weighted by atomic mass is 9.87. The Labute approximate surface area is 161 Å². The van der Waals surface area contributed by atoms with Crippen LogP contribution < -0.4 is 22.1 Å². The maximum atomic E-state index is 12.2. The van der Waals surface area contributed by atoms with Crippen LogP contribution in [-0.4, -0.2) is 36.3 Å². The summed E-state index contributed by atoms with van der Waals surface area (Å²) >= 11 is 0. The van der Waals surface area contributed by atoms with Crippen molar-refractivity contribution in [2.45, 2.75) is 64.5 Å². The van der Waals surface area contributed by atoms with Crippen molar-refractivity contribution in [3.8, 4) is 0 Å². The van der Waals surface area contributed by atoms with Crippen molar-refractivity contribution in [1.29, 1.82) is 0 Å². The quantitative estimate of drug-likeness (QED) is 0.483. The highest BCUT2D eigenvalue weighted by atomic mass is 16.2. The second kappa shape index (κ2) is 10.1. The molecule has 0 heterocycles. The summed E-state index contributed by atoms with van der Waals surface area (Å²) in [4.78, 5) is 35.2.